The van der Waals surface area contributed by atoms with Crippen LogP contribution in [0.3, 0.4) is 0 Å². The summed E-state index contributed by atoms with van der Waals surface area (Å²) in [7, 11) is 0. The predicted molar refractivity (Wildman–Crippen MR) is 65.8 cm³/mol. The number of carbonyl (C=O) groups is 1. The van der Waals surface area contributed by atoms with Crippen LogP contribution >= 0.6 is 0 Å². The second-order valence-corrected chi connectivity index (χ2v) is 3.59. The van der Waals surface area contributed by atoms with Gasteiger partial charge in [-0.3, -0.25) is 0 Å². The summed E-state index contributed by atoms with van der Waals surface area (Å²) in [5.41, 5.74) is 0.464. The quantitative estimate of drug-likeness (QED) is 0.778. The van der Waals surface area contributed by atoms with E-state index in [0.29, 0.717) is 0 Å². The van der Waals surface area contributed by atoms with Crippen LogP contribution in [0, 0.1) is 17.7 Å². The van der Waals surface area contributed by atoms with E-state index in [4.69, 9.17) is 5.11 Å². The maximum absolute atomic E-state index is 13.7. The minimum atomic E-state index is -1.30. The molecule has 1 N–H and O–H groups in total. The van der Waals surface area contributed by atoms with Gasteiger partial charge in [-0.05, 0) is 24.3 Å². The van der Waals surface area contributed by atoms with E-state index in [0.717, 1.165) is 5.56 Å². The van der Waals surface area contributed by atoms with Crippen molar-refractivity contribution in [3.05, 3.63) is 71.0 Å². The Morgan fingerprint density at radius 3 is 2.39 bits per heavy atom. The van der Waals surface area contributed by atoms with Gasteiger partial charge < -0.3 is 5.11 Å². The Morgan fingerprint density at radius 1 is 1.00 bits per heavy atom. The smallest absolute Gasteiger partial charge is 0.338 e. The third-order valence-corrected chi connectivity index (χ3v) is 2.34. The molecule has 0 radical (unpaired) electrons. The Hall–Kier alpha value is -2.60. The van der Waals surface area contributed by atoms with Gasteiger partial charge in [0.2, 0.25) is 0 Å². The number of carboxylic acids is 1. The van der Waals surface area contributed by atoms with Crippen LogP contribution in [0.1, 0.15) is 21.5 Å². The number of benzene rings is 2. The van der Waals surface area contributed by atoms with Gasteiger partial charge >= 0.3 is 5.97 Å². The first kappa shape index (κ1) is 11.9. The van der Waals surface area contributed by atoms with Crippen molar-refractivity contribution in [3.63, 3.8) is 0 Å². The molecule has 2 rings (SSSR count). The minimum absolute atomic E-state index is 0.0822. The van der Waals surface area contributed by atoms with Crippen molar-refractivity contribution in [1.29, 1.82) is 0 Å². The monoisotopic (exact) mass is 240 g/mol. The van der Waals surface area contributed by atoms with Crippen LogP contribution in [0.2, 0.25) is 0 Å². The fraction of sp³-hybridized carbons (Fsp3) is 0. The third-order valence-electron chi connectivity index (χ3n) is 2.34. The molecule has 0 heterocycles. The van der Waals surface area contributed by atoms with E-state index in [-0.39, 0.29) is 11.1 Å². The standard InChI is InChI=1S/C15H9FO2/c16-14-12(7-4-8-13(14)15(17)18)10-9-11-5-2-1-3-6-11/h1-8H,(H,17,18). The summed E-state index contributed by atoms with van der Waals surface area (Å²) in [6.07, 6.45) is 0. The summed E-state index contributed by atoms with van der Waals surface area (Å²) in [4.78, 5) is 10.8. The summed E-state index contributed by atoms with van der Waals surface area (Å²) < 4.78 is 13.7. The van der Waals surface area contributed by atoms with Crippen LogP contribution in [0.4, 0.5) is 4.39 Å². The molecule has 88 valence electrons. The molecule has 0 aliphatic heterocycles. The summed E-state index contributed by atoms with van der Waals surface area (Å²) in [6.45, 7) is 0. The molecule has 0 bridgehead atoms. The van der Waals surface area contributed by atoms with E-state index in [2.05, 4.69) is 11.8 Å². The van der Waals surface area contributed by atoms with Gasteiger partial charge in [-0.1, -0.05) is 36.1 Å². The lowest BCUT2D eigenvalue weighted by molar-refractivity contribution is 0.0692. The first-order valence-corrected chi connectivity index (χ1v) is 5.27. The molecular formula is C15H9FO2. The average molecular weight is 240 g/mol. The molecule has 2 nitrogen and oxygen atoms in total. The molecule has 0 fully saturated rings. The molecule has 0 aromatic heterocycles. The molecule has 0 amide bonds. The maximum atomic E-state index is 13.7. The highest BCUT2D eigenvalue weighted by molar-refractivity contribution is 5.88. The molecule has 0 spiro atoms. The second kappa shape index (κ2) is 5.15. The van der Waals surface area contributed by atoms with Crippen molar-refractivity contribution in [2.24, 2.45) is 0 Å². The highest BCUT2D eigenvalue weighted by Gasteiger charge is 2.12. The van der Waals surface area contributed by atoms with Gasteiger partial charge in [0, 0.05) is 5.56 Å². The molecule has 0 saturated carbocycles. The topological polar surface area (TPSA) is 37.3 Å². The number of rotatable bonds is 1. The Morgan fingerprint density at radius 2 is 1.72 bits per heavy atom. The molecule has 2 aromatic carbocycles. The van der Waals surface area contributed by atoms with E-state index in [1.54, 1.807) is 12.1 Å². The van der Waals surface area contributed by atoms with Gasteiger partial charge in [-0.2, -0.15) is 0 Å². The molecule has 0 saturated heterocycles. The Labute approximate surface area is 104 Å². The van der Waals surface area contributed by atoms with Gasteiger partial charge in [0.1, 0.15) is 0 Å². The second-order valence-electron chi connectivity index (χ2n) is 3.59. The number of aromatic carboxylic acids is 1. The largest absolute Gasteiger partial charge is 0.478 e. The van der Waals surface area contributed by atoms with Gasteiger partial charge in [-0.25, -0.2) is 9.18 Å². The first-order valence-electron chi connectivity index (χ1n) is 5.27. The van der Waals surface area contributed by atoms with Crippen molar-refractivity contribution >= 4 is 5.97 Å². The average Bonchev–Trinajstić information content (AvgIpc) is 2.38. The minimum Gasteiger partial charge on any atom is -0.478 e. The summed E-state index contributed by atoms with van der Waals surface area (Å²) in [6, 6.07) is 13.3. The summed E-state index contributed by atoms with van der Waals surface area (Å²) in [5, 5.41) is 8.79. The highest BCUT2D eigenvalue weighted by Crippen LogP contribution is 2.12. The molecule has 0 aliphatic rings. The van der Waals surface area contributed by atoms with Gasteiger partial charge in [0.25, 0.3) is 0 Å². The predicted octanol–water partition coefficient (Wildman–Crippen LogP) is 2.92. The molecule has 3 heteroatoms. The zero-order chi connectivity index (χ0) is 13.0. The van der Waals surface area contributed by atoms with Crippen molar-refractivity contribution in [3.8, 4) is 11.8 Å². The zero-order valence-corrected chi connectivity index (χ0v) is 9.35. The van der Waals surface area contributed by atoms with Crippen molar-refractivity contribution < 1.29 is 14.3 Å². The van der Waals surface area contributed by atoms with Crippen LogP contribution in [-0.4, -0.2) is 11.1 Å². The number of hydrogen-bond acceptors (Lipinski definition) is 1. The van der Waals surface area contributed by atoms with Crippen molar-refractivity contribution in [1.82, 2.24) is 0 Å². The molecule has 0 atom stereocenters. The fourth-order valence-corrected chi connectivity index (χ4v) is 1.45. The molecule has 18 heavy (non-hydrogen) atoms. The third kappa shape index (κ3) is 2.55. The lowest BCUT2D eigenvalue weighted by atomic mass is 10.1. The van der Waals surface area contributed by atoms with E-state index >= 15 is 0 Å². The van der Waals surface area contributed by atoms with E-state index in [1.165, 1.54) is 18.2 Å². The SMILES string of the molecule is O=C(O)c1cccc(C#Cc2ccccc2)c1F. The van der Waals surface area contributed by atoms with Crippen LogP contribution in [-0.2, 0) is 0 Å². The lowest BCUT2D eigenvalue weighted by Crippen LogP contribution is -2.01. The lowest BCUT2D eigenvalue weighted by Gasteiger charge is -1.98. The zero-order valence-electron chi connectivity index (χ0n) is 9.35. The first-order chi connectivity index (χ1) is 8.68. The van der Waals surface area contributed by atoms with Crippen LogP contribution < -0.4 is 0 Å². The highest BCUT2D eigenvalue weighted by atomic mass is 19.1. The van der Waals surface area contributed by atoms with E-state index in [1.807, 2.05) is 18.2 Å². The normalized spacial score (nSPS) is 9.39. The number of carboxylic acid groups (broad SMARTS) is 1. The molecule has 0 aliphatic carbocycles. The summed E-state index contributed by atoms with van der Waals surface area (Å²) >= 11 is 0. The van der Waals surface area contributed by atoms with Crippen LogP contribution in [0.15, 0.2) is 48.5 Å². The van der Waals surface area contributed by atoms with Crippen LogP contribution in [0.5, 0.6) is 0 Å². The molecule has 0 unspecified atom stereocenters. The van der Waals surface area contributed by atoms with Gasteiger partial charge in [-0.15, -0.1) is 0 Å². The van der Waals surface area contributed by atoms with Gasteiger partial charge in [0.05, 0.1) is 11.1 Å². The fourth-order valence-electron chi connectivity index (χ4n) is 1.45. The van der Waals surface area contributed by atoms with Crippen molar-refractivity contribution in [2.45, 2.75) is 0 Å². The van der Waals surface area contributed by atoms with E-state index in [9.17, 15) is 9.18 Å². The Kier molecular flexibility index (Phi) is 3.40. The van der Waals surface area contributed by atoms with E-state index < -0.39 is 11.8 Å². The van der Waals surface area contributed by atoms with Crippen molar-refractivity contribution in [2.75, 3.05) is 0 Å². The van der Waals surface area contributed by atoms with Crippen LogP contribution in [0.25, 0.3) is 0 Å². The number of halogens is 1. The summed E-state index contributed by atoms with van der Waals surface area (Å²) in [5.74, 6) is 3.33. The molecule has 2 aromatic rings. The number of hydrogen-bond donors (Lipinski definition) is 1. The Balaban J connectivity index is 2.39. The molecular weight excluding hydrogens is 231 g/mol. The maximum Gasteiger partial charge on any atom is 0.338 e. The Bertz CT molecular complexity index is 637. The van der Waals surface area contributed by atoms with Gasteiger partial charge in [0.15, 0.2) is 5.82 Å².